The maximum atomic E-state index is 6.07. The molecule has 146 valence electrons. The van der Waals surface area contributed by atoms with E-state index in [0.717, 1.165) is 18.0 Å². The number of hydrogen-bond donors (Lipinski definition) is 0. The van der Waals surface area contributed by atoms with Crippen molar-refractivity contribution < 1.29 is 0 Å². The zero-order valence-electron chi connectivity index (χ0n) is 17.1. The first kappa shape index (κ1) is 18.3. The maximum absolute atomic E-state index is 6.07. The third-order valence-electron chi connectivity index (χ3n) is 7.05. The summed E-state index contributed by atoms with van der Waals surface area (Å²) in [4.78, 5) is 2.63. The standard InChI is InChI=1S/C25H29ClN2/c1-16(2)18-6-10-22-21(14-18)25-23-11-9-20(27(23)3)15-24(25)28(22)13-12-17-4-7-19(26)8-5-17/h4-8,10,14,16,20,23H,9,11-13,15H2,1-3H3/t20-,23+/m0/s1. The van der Waals surface area contributed by atoms with Crippen molar-refractivity contribution in [3.8, 4) is 0 Å². The molecule has 1 fully saturated rings. The van der Waals surface area contributed by atoms with Gasteiger partial charge in [0.25, 0.3) is 0 Å². The SMILES string of the molecule is CC(C)c1ccc2c(c1)c1c(n2CCc2ccc(Cl)cc2)C[C@@H]2CC[C@H]1N2C. The number of hydrogen-bond acceptors (Lipinski definition) is 1. The van der Waals surface area contributed by atoms with Crippen LogP contribution in [0.15, 0.2) is 42.5 Å². The average molecular weight is 393 g/mol. The molecular weight excluding hydrogens is 364 g/mol. The fourth-order valence-electron chi connectivity index (χ4n) is 5.38. The van der Waals surface area contributed by atoms with Gasteiger partial charge in [-0.3, -0.25) is 4.90 Å². The molecule has 0 spiro atoms. The highest BCUT2D eigenvalue weighted by Crippen LogP contribution is 2.47. The third kappa shape index (κ3) is 2.89. The number of halogens is 1. The van der Waals surface area contributed by atoms with Gasteiger partial charge in [0.05, 0.1) is 0 Å². The van der Waals surface area contributed by atoms with E-state index in [1.807, 2.05) is 12.1 Å². The van der Waals surface area contributed by atoms with Crippen LogP contribution in [0.3, 0.4) is 0 Å². The summed E-state index contributed by atoms with van der Waals surface area (Å²) in [7, 11) is 2.33. The fraction of sp³-hybridized carbons (Fsp3) is 0.440. The number of nitrogens with zero attached hydrogens (tertiary/aromatic N) is 2. The lowest BCUT2D eigenvalue weighted by Gasteiger charge is -2.32. The van der Waals surface area contributed by atoms with Crippen molar-refractivity contribution in [3.63, 3.8) is 0 Å². The zero-order chi connectivity index (χ0) is 19.4. The van der Waals surface area contributed by atoms with Gasteiger partial charge in [-0.25, -0.2) is 0 Å². The highest BCUT2D eigenvalue weighted by Gasteiger charge is 2.40. The van der Waals surface area contributed by atoms with Crippen LogP contribution in [0, 0.1) is 0 Å². The minimum Gasteiger partial charge on any atom is -0.344 e. The van der Waals surface area contributed by atoms with Crippen LogP contribution >= 0.6 is 11.6 Å². The first-order chi connectivity index (χ1) is 13.5. The lowest BCUT2D eigenvalue weighted by Crippen LogP contribution is -2.34. The molecule has 0 unspecified atom stereocenters. The van der Waals surface area contributed by atoms with Crippen molar-refractivity contribution in [2.24, 2.45) is 0 Å². The lowest BCUT2D eigenvalue weighted by atomic mass is 9.95. The second kappa shape index (κ2) is 6.93. The molecule has 0 saturated carbocycles. The minimum atomic E-state index is 0.565. The van der Waals surface area contributed by atoms with E-state index in [4.69, 9.17) is 11.6 Å². The van der Waals surface area contributed by atoms with Crippen LogP contribution in [0.2, 0.25) is 5.02 Å². The fourth-order valence-corrected chi connectivity index (χ4v) is 5.50. The summed E-state index contributed by atoms with van der Waals surface area (Å²) in [5.41, 5.74) is 7.44. The molecule has 2 atom stereocenters. The molecule has 2 nitrogen and oxygen atoms in total. The highest BCUT2D eigenvalue weighted by molar-refractivity contribution is 6.30. The molecule has 5 rings (SSSR count). The van der Waals surface area contributed by atoms with Gasteiger partial charge in [-0.05, 0) is 73.2 Å². The number of aromatic nitrogens is 1. The predicted molar refractivity (Wildman–Crippen MR) is 118 cm³/mol. The summed E-state index contributed by atoms with van der Waals surface area (Å²) in [5, 5.41) is 2.31. The van der Waals surface area contributed by atoms with E-state index in [1.165, 1.54) is 41.3 Å². The Balaban J connectivity index is 1.60. The van der Waals surface area contributed by atoms with Crippen molar-refractivity contribution >= 4 is 22.5 Å². The molecule has 3 heteroatoms. The van der Waals surface area contributed by atoms with Crippen LogP contribution in [0.5, 0.6) is 0 Å². The Bertz CT molecular complexity index is 1020. The molecule has 3 aromatic rings. The van der Waals surface area contributed by atoms with Crippen molar-refractivity contribution in [1.29, 1.82) is 0 Å². The van der Waals surface area contributed by atoms with Crippen LogP contribution in [-0.4, -0.2) is 22.6 Å². The van der Waals surface area contributed by atoms with E-state index in [2.05, 4.69) is 60.7 Å². The van der Waals surface area contributed by atoms with Crippen LogP contribution < -0.4 is 0 Å². The Labute approximate surface area is 173 Å². The normalized spacial score (nSPS) is 21.6. The van der Waals surface area contributed by atoms with E-state index in [0.29, 0.717) is 18.0 Å². The Morgan fingerprint density at radius 2 is 1.86 bits per heavy atom. The molecule has 1 saturated heterocycles. The first-order valence-corrected chi connectivity index (χ1v) is 11.0. The molecule has 2 bridgehead atoms. The molecular formula is C25H29ClN2. The van der Waals surface area contributed by atoms with Gasteiger partial charge in [0.2, 0.25) is 0 Å². The van der Waals surface area contributed by atoms with Crippen LogP contribution in [0.1, 0.15) is 61.0 Å². The quantitative estimate of drug-likeness (QED) is 0.502. The van der Waals surface area contributed by atoms with Crippen molar-refractivity contribution in [2.75, 3.05) is 7.05 Å². The van der Waals surface area contributed by atoms with Crippen LogP contribution in [0.4, 0.5) is 0 Å². The smallest absolute Gasteiger partial charge is 0.0486 e. The number of aryl methyl sites for hydroxylation is 2. The van der Waals surface area contributed by atoms with E-state index in [-0.39, 0.29) is 0 Å². The second-order valence-corrected chi connectivity index (χ2v) is 9.37. The Kier molecular flexibility index (Phi) is 4.52. The number of rotatable bonds is 4. The number of likely N-dealkylation sites (N-methyl/N-ethyl adjacent to an activating group) is 1. The summed E-state index contributed by atoms with van der Waals surface area (Å²) in [6.45, 7) is 5.63. The Morgan fingerprint density at radius 3 is 2.61 bits per heavy atom. The zero-order valence-corrected chi connectivity index (χ0v) is 17.8. The van der Waals surface area contributed by atoms with Crippen molar-refractivity contribution in [3.05, 3.63) is 69.9 Å². The van der Waals surface area contributed by atoms with Gasteiger partial charge in [-0.2, -0.15) is 0 Å². The van der Waals surface area contributed by atoms with Crippen LogP contribution in [0.25, 0.3) is 10.9 Å². The summed E-state index contributed by atoms with van der Waals surface area (Å²) in [6, 6.07) is 16.8. The monoisotopic (exact) mass is 392 g/mol. The average Bonchev–Trinajstić information content (AvgIpc) is 3.11. The molecule has 0 aliphatic carbocycles. The van der Waals surface area contributed by atoms with Gasteiger partial charge in [0.15, 0.2) is 0 Å². The summed E-state index contributed by atoms with van der Waals surface area (Å²) < 4.78 is 2.63. The Morgan fingerprint density at radius 1 is 1.07 bits per heavy atom. The number of fused-ring (bicyclic) bond motifs is 6. The molecule has 0 amide bonds. The first-order valence-electron chi connectivity index (χ1n) is 10.6. The molecule has 2 aromatic carbocycles. The molecule has 28 heavy (non-hydrogen) atoms. The second-order valence-electron chi connectivity index (χ2n) is 8.94. The van der Waals surface area contributed by atoms with Crippen LogP contribution in [-0.2, 0) is 19.4 Å². The third-order valence-corrected chi connectivity index (χ3v) is 7.30. The van der Waals surface area contributed by atoms with Gasteiger partial charge in [0, 0.05) is 46.7 Å². The van der Waals surface area contributed by atoms with Gasteiger partial charge in [-0.15, -0.1) is 0 Å². The molecule has 0 radical (unpaired) electrons. The van der Waals surface area contributed by atoms with Gasteiger partial charge < -0.3 is 4.57 Å². The summed E-state index contributed by atoms with van der Waals surface area (Å²) >= 11 is 6.07. The van der Waals surface area contributed by atoms with Gasteiger partial charge >= 0.3 is 0 Å². The van der Waals surface area contributed by atoms with E-state index >= 15 is 0 Å². The van der Waals surface area contributed by atoms with Gasteiger partial charge in [0.1, 0.15) is 0 Å². The number of benzene rings is 2. The van der Waals surface area contributed by atoms with Gasteiger partial charge in [-0.1, -0.05) is 43.6 Å². The van der Waals surface area contributed by atoms with E-state index < -0.39 is 0 Å². The molecule has 1 aromatic heterocycles. The molecule has 2 aliphatic heterocycles. The molecule has 3 heterocycles. The topological polar surface area (TPSA) is 8.17 Å². The summed E-state index contributed by atoms with van der Waals surface area (Å²) in [5.74, 6) is 0.565. The lowest BCUT2D eigenvalue weighted by molar-refractivity contribution is 0.222. The largest absolute Gasteiger partial charge is 0.344 e. The van der Waals surface area contributed by atoms with E-state index in [1.54, 1.807) is 11.3 Å². The Hall–Kier alpha value is -1.77. The highest BCUT2D eigenvalue weighted by atomic mass is 35.5. The predicted octanol–water partition coefficient (Wildman–Crippen LogP) is 6.35. The molecule has 0 N–H and O–H groups in total. The van der Waals surface area contributed by atoms with Crippen molar-refractivity contribution in [2.45, 2.75) is 64.1 Å². The maximum Gasteiger partial charge on any atom is 0.0486 e. The summed E-state index contributed by atoms with van der Waals surface area (Å²) in [6.07, 6.45) is 4.87. The molecule has 2 aliphatic rings. The van der Waals surface area contributed by atoms with E-state index in [9.17, 15) is 0 Å². The minimum absolute atomic E-state index is 0.565. The van der Waals surface area contributed by atoms with Crippen molar-refractivity contribution in [1.82, 2.24) is 9.47 Å².